The van der Waals surface area contributed by atoms with Crippen molar-refractivity contribution in [1.82, 2.24) is 10.6 Å². The molecule has 0 bridgehead atoms. The van der Waals surface area contributed by atoms with E-state index in [0.29, 0.717) is 0 Å². The Kier molecular flexibility index (Phi) is 4.77. The first-order valence-electron chi connectivity index (χ1n) is 6.98. The highest BCUT2D eigenvalue weighted by atomic mass is 19.3. The first-order valence-corrected chi connectivity index (χ1v) is 6.98. The molecule has 2 unspecified atom stereocenters. The lowest BCUT2D eigenvalue weighted by molar-refractivity contribution is -0.123. The number of rotatable bonds is 5. The van der Waals surface area contributed by atoms with Gasteiger partial charge in [-0.2, -0.15) is 0 Å². The fourth-order valence-corrected chi connectivity index (χ4v) is 2.23. The van der Waals surface area contributed by atoms with Gasteiger partial charge in [0, 0.05) is 6.42 Å². The van der Waals surface area contributed by atoms with Crippen LogP contribution in [0, 0.1) is 6.92 Å². The second-order valence-corrected chi connectivity index (χ2v) is 5.48. The monoisotopic (exact) mass is 298 g/mol. The fourth-order valence-electron chi connectivity index (χ4n) is 2.23. The second kappa shape index (κ2) is 6.39. The molecule has 21 heavy (non-hydrogen) atoms. The number of amides is 1. The summed E-state index contributed by atoms with van der Waals surface area (Å²) in [6, 6.07) is 6.76. The van der Waals surface area contributed by atoms with Crippen molar-refractivity contribution in [2.24, 2.45) is 0 Å². The molecule has 1 aromatic carbocycles. The van der Waals surface area contributed by atoms with Gasteiger partial charge in [-0.25, -0.2) is 8.78 Å². The average molecular weight is 298 g/mol. The molecule has 1 aliphatic heterocycles. The van der Waals surface area contributed by atoms with E-state index in [2.05, 4.69) is 10.6 Å². The van der Waals surface area contributed by atoms with Gasteiger partial charge < -0.3 is 10.1 Å². The number of nitrogens with one attached hydrogen (secondary N) is 2. The molecule has 0 aromatic heterocycles. The second-order valence-electron chi connectivity index (χ2n) is 5.48. The van der Waals surface area contributed by atoms with Crippen molar-refractivity contribution >= 4 is 5.91 Å². The van der Waals surface area contributed by atoms with Crippen LogP contribution in [0.5, 0.6) is 5.75 Å². The third-order valence-corrected chi connectivity index (χ3v) is 3.32. The molecule has 1 aromatic rings. The van der Waals surface area contributed by atoms with Gasteiger partial charge in [-0.3, -0.25) is 10.1 Å². The Labute approximate surface area is 122 Å². The Morgan fingerprint density at radius 2 is 2.33 bits per heavy atom. The van der Waals surface area contributed by atoms with E-state index in [9.17, 15) is 13.6 Å². The van der Waals surface area contributed by atoms with E-state index in [4.69, 9.17) is 4.74 Å². The van der Waals surface area contributed by atoms with E-state index in [1.807, 2.05) is 38.1 Å². The molecular weight excluding hydrogens is 278 g/mol. The minimum atomic E-state index is -2.80. The van der Waals surface area contributed by atoms with Crippen LogP contribution in [0.15, 0.2) is 24.3 Å². The van der Waals surface area contributed by atoms with Gasteiger partial charge in [-0.15, -0.1) is 0 Å². The number of halogens is 2. The highest BCUT2D eigenvalue weighted by Crippen LogP contribution is 2.25. The number of hydrogen-bond acceptors (Lipinski definition) is 3. The lowest BCUT2D eigenvalue weighted by Crippen LogP contribution is -2.43. The zero-order valence-corrected chi connectivity index (χ0v) is 12.2. The van der Waals surface area contributed by atoms with Crippen LogP contribution in [0.4, 0.5) is 8.78 Å². The Hall–Kier alpha value is -1.69. The average Bonchev–Trinajstić information content (AvgIpc) is 2.76. The molecule has 0 radical (unpaired) electrons. The van der Waals surface area contributed by atoms with Crippen molar-refractivity contribution in [2.45, 2.75) is 38.3 Å². The van der Waals surface area contributed by atoms with E-state index >= 15 is 0 Å². The molecule has 116 valence electrons. The summed E-state index contributed by atoms with van der Waals surface area (Å²) in [4.78, 5) is 11.8. The molecule has 2 rings (SSSR count). The largest absolute Gasteiger partial charge is 0.489 e. The Morgan fingerprint density at radius 3 is 2.95 bits per heavy atom. The van der Waals surface area contributed by atoms with Gasteiger partial charge in [-0.1, -0.05) is 12.1 Å². The summed E-state index contributed by atoms with van der Waals surface area (Å²) in [5, 5.41) is 5.16. The summed E-state index contributed by atoms with van der Waals surface area (Å²) in [5.41, 5.74) is 1.08. The Balaban J connectivity index is 1.76. The van der Waals surface area contributed by atoms with E-state index < -0.39 is 30.8 Å². The van der Waals surface area contributed by atoms with Crippen molar-refractivity contribution in [1.29, 1.82) is 0 Å². The summed E-state index contributed by atoms with van der Waals surface area (Å²) >= 11 is 0. The summed E-state index contributed by atoms with van der Waals surface area (Å²) in [6.07, 6.45) is -0.691. The third-order valence-electron chi connectivity index (χ3n) is 3.32. The van der Waals surface area contributed by atoms with Gasteiger partial charge >= 0.3 is 0 Å². The van der Waals surface area contributed by atoms with Crippen molar-refractivity contribution in [3.05, 3.63) is 29.8 Å². The lowest BCUT2D eigenvalue weighted by atomic mass is 10.2. The highest BCUT2D eigenvalue weighted by Gasteiger charge is 2.42. The first-order chi connectivity index (χ1) is 9.85. The summed E-state index contributed by atoms with van der Waals surface area (Å²) < 4.78 is 31.7. The standard InChI is InChI=1S/C15H20F2N2O2/c1-10-4-3-5-12(6-10)21-11(2)8-18-14(20)13-7-15(16,17)9-19-13/h3-6,11,13,19H,7-9H2,1-2H3,(H,18,20). The molecule has 4 nitrogen and oxygen atoms in total. The van der Waals surface area contributed by atoms with E-state index in [1.165, 1.54) is 0 Å². The molecule has 1 aliphatic rings. The minimum absolute atomic E-state index is 0.238. The van der Waals surface area contributed by atoms with Gasteiger partial charge in [0.15, 0.2) is 0 Å². The van der Waals surface area contributed by atoms with Crippen LogP contribution in [-0.2, 0) is 4.79 Å². The predicted molar refractivity (Wildman–Crippen MR) is 75.6 cm³/mol. The fraction of sp³-hybridized carbons (Fsp3) is 0.533. The Morgan fingerprint density at radius 1 is 1.57 bits per heavy atom. The summed E-state index contributed by atoms with van der Waals surface area (Å²) in [5.74, 6) is -2.49. The molecule has 2 atom stereocenters. The van der Waals surface area contributed by atoms with Crippen LogP contribution in [0.25, 0.3) is 0 Å². The lowest BCUT2D eigenvalue weighted by Gasteiger charge is -2.17. The molecule has 1 saturated heterocycles. The van der Waals surface area contributed by atoms with Crippen molar-refractivity contribution in [2.75, 3.05) is 13.1 Å². The summed E-state index contributed by atoms with van der Waals surface area (Å²) in [7, 11) is 0. The number of alkyl halides is 2. The maximum atomic E-state index is 13.0. The van der Waals surface area contributed by atoms with Gasteiger partial charge in [0.05, 0.1) is 19.1 Å². The smallest absolute Gasteiger partial charge is 0.262 e. The van der Waals surface area contributed by atoms with Crippen molar-refractivity contribution in [3.8, 4) is 5.75 Å². The van der Waals surface area contributed by atoms with E-state index in [-0.39, 0.29) is 12.6 Å². The quantitative estimate of drug-likeness (QED) is 0.872. The third kappa shape index (κ3) is 4.67. The van der Waals surface area contributed by atoms with Crippen LogP contribution in [-0.4, -0.2) is 37.1 Å². The molecule has 0 aliphatic carbocycles. The van der Waals surface area contributed by atoms with Gasteiger partial charge in [0.1, 0.15) is 11.9 Å². The summed E-state index contributed by atoms with van der Waals surface area (Å²) in [6.45, 7) is 3.61. The van der Waals surface area contributed by atoms with Crippen LogP contribution in [0.2, 0.25) is 0 Å². The molecular formula is C15H20F2N2O2. The number of ether oxygens (including phenoxy) is 1. The van der Waals surface area contributed by atoms with E-state index in [1.54, 1.807) is 0 Å². The first kappa shape index (κ1) is 15.7. The molecule has 0 saturated carbocycles. The van der Waals surface area contributed by atoms with Crippen LogP contribution in [0.1, 0.15) is 18.9 Å². The molecule has 6 heteroatoms. The number of benzene rings is 1. The number of carbonyl (C=O) groups is 1. The number of hydrogen-bond donors (Lipinski definition) is 2. The van der Waals surface area contributed by atoms with Crippen LogP contribution >= 0.6 is 0 Å². The zero-order valence-electron chi connectivity index (χ0n) is 12.2. The maximum absolute atomic E-state index is 13.0. The van der Waals surface area contributed by atoms with Gasteiger partial charge in [0.2, 0.25) is 5.91 Å². The zero-order chi connectivity index (χ0) is 15.5. The van der Waals surface area contributed by atoms with Crippen molar-refractivity contribution in [3.63, 3.8) is 0 Å². The van der Waals surface area contributed by atoms with Gasteiger partial charge in [0.25, 0.3) is 5.92 Å². The maximum Gasteiger partial charge on any atom is 0.262 e. The normalized spacial score (nSPS) is 21.8. The van der Waals surface area contributed by atoms with Crippen molar-refractivity contribution < 1.29 is 18.3 Å². The minimum Gasteiger partial charge on any atom is -0.489 e. The molecule has 1 amide bonds. The highest BCUT2D eigenvalue weighted by molar-refractivity contribution is 5.82. The number of carbonyl (C=O) groups excluding carboxylic acids is 1. The van der Waals surface area contributed by atoms with E-state index in [0.717, 1.165) is 11.3 Å². The number of aryl methyl sites for hydroxylation is 1. The molecule has 1 heterocycles. The molecule has 0 spiro atoms. The van der Waals surface area contributed by atoms with Crippen LogP contribution < -0.4 is 15.4 Å². The van der Waals surface area contributed by atoms with Crippen LogP contribution in [0.3, 0.4) is 0 Å². The predicted octanol–water partition coefficient (Wildman–Crippen LogP) is 1.88. The molecule has 1 fully saturated rings. The Bertz CT molecular complexity index is 508. The topological polar surface area (TPSA) is 50.4 Å². The van der Waals surface area contributed by atoms with Gasteiger partial charge in [-0.05, 0) is 31.5 Å². The SMILES string of the molecule is Cc1cccc(OC(C)CNC(=O)C2CC(F)(F)CN2)c1. The molecule has 2 N–H and O–H groups in total.